The van der Waals surface area contributed by atoms with Gasteiger partial charge in [0.05, 0.1) is 26.7 Å². The van der Waals surface area contributed by atoms with Gasteiger partial charge in [0, 0.05) is 32.7 Å². The molecule has 2 fully saturated rings. The van der Waals surface area contributed by atoms with E-state index in [0.717, 1.165) is 11.3 Å². The molecule has 1 atom stereocenters. The van der Waals surface area contributed by atoms with Crippen molar-refractivity contribution in [3.05, 3.63) is 29.8 Å². The monoisotopic (exact) mass is 383 g/mol. The number of halogens is 1. The fourth-order valence-electron chi connectivity index (χ4n) is 3.19. The number of ether oxygens (including phenoxy) is 2. The molecule has 2 saturated heterocycles. The quantitative estimate of drug-likeness (QED) is 0.810. The molecule has 1 aromatic carbocycles. The Kier molecular flexibility index (Phi) is 7.68. The van der Waals surface area contributed by atoms with Crippen molar-refractivity contribution in [3.8, 4) is 5.75 Å². The number of hydrogen-bond acceptors (Lipinski definition) is 5. The maximum Gasteiger partial charge on any atom is 0.242 e. The minimum absolute atomic E-state index is 0. The Morgan fingerprint density at radius 1 is 1.23 bits per heavy atom. The van der Waals surface area contributed by atoms with E-state index in [1.165, 1.54) is 0 Å². The van der Waals surface area contributed by atoms with Crippen LogP contribution in [0.25, 0.3) is 0 Å². The fourth-order valence-corrected chi connectivity index (χ4v) is 3.19. The Morgan fingerprint density at radius 3 is 2.62 bits per heavy atom. The summed E-state index contributed by atoms with van der Waals surface area (Å²) in [5.74, 6) is 0.905. The van der Waals surface area contributed by atoms with Gasteiger partial charge >= 0.3 is 0 Å². The van der Waals surface area contributed by atoms with Gasteiger partial charge in [0.1, 0.15) is 11.8 Å². The number of nitrogens with zero attached hydrogens (tertiary/aromatic N) is 2. The molecule has 1 aromatic rings. The SMILES string of the molecule is COc1cccc(CC(=O)N2CCN(C(=O)C3COCCN3)CC2)c1.Cl. The van der Waals surface area contributed by atoms with Crippen molar-refractivity contribution in [2.24, 2.45) is 0 Å². The van der Waals surface area contributed by atoms with E-state index < -0.39 is 0 Å². The highest BCUT2D eigenvalue weighted by molar-refractivity contribution is 5.85. The molecule has 2 amide bonds. The molecule has 8 heteroatoms. The summed E-state index contributed by atoms with van der Waals surface area (Å²) >= 11 is 0. The molecular weight excluding hydrogens is 358 g/mol. The van der Waals surface area contributed by atoms with E-state index in [-0.39, 0.29) is 30.3 Å². The summed E-state index contributed by atoms with van der Waals surface area (Å²) in [5.41, 5.74) is 0.936. The smallest absolute Gasteiger partial charge is 0.242 e. The third kappa shape index (κ3) is 5.09. The van der Waals surface area contributed by atoms with Crippen LogP contribution in [0.3, 0.4) is 0 Å². The third-order valence-electron chi connectivity index (χ3n) is 4.65. The van der Waals surface area contributed by atoms with Gasteiger partial charge < -0.3 is 24.6 Å². The molecule has 2 aliphatic rings. The van der Waals surface area contributed by atoms with Gasteiger partial charge in [-0.05, 0) is 17.7 Å². The Morgan fingerprint density at radius 2 is 1.96 bits per heavy atom. The highest BCUT2D eigenvalue weighted by Gasteiger charge is 2.29. The Balaban J connectivity index is 0.00000243. The minimum atomic E-state index is -0.257. The van der Waals surface area contributed by atoms with E-state index in [1.807, 2.05) is 34.1 Å². The second-order valence-corrected chi connectivity index (χ2v) is 6.32. The Labute approximate surface area is 160 Å². The predicted molar refractivity (Wildman–Crippen MR) is 99.7 cm³/mol. The molecule has 0 bridgehead atoms. The van der Waals surface area contributed by atoms with Crippen molar-refractivity contribution in [2.45, 2.75) is 12.5 Å². The molecule has 1 N–H and O–H groups in total. The van der Waals surface area contributed by atoms with Crippen molar-refractivity contribution in [1.29, 1.82) is 0 Å². The second-order valence-electron chi connectivity index (χ2n) is 6.32. The fraction of sp³-hybridized carbons (Fsp3) is 0.556. The number of piperazine rings is 1. The van der Waals surface area contributed by atoms with Gasteiger partial charge in [-0.15, -0.1) is 12.4 Å². The molecule has 0 saturated carbocycles. The van der Waals surface area contributed by atoms with Crippen LogP contribution in [0.1, 0.15) is 5.56 Å². The number of morpholine rings is 1. The predicted octanol–water partition coefficient (Wildman–Crippen LogP) is 0.319. The van der Waals surface area contributed by atoms with Crippen LogP contribution in [0.15, 0.2) is 24.3 Å². The lowest BCUT2D eigenvalue weighted by Gasteiger charge is -2.37. The molecule has 0 radical (unpaired) electrons. The average Bonchev–Trinajstić information content (AvgIpc) is 2.68. The zero-order valence-corrected chi connectivity index (χ0v) is 15.8. The summed E-state index contributed by atoms with van der Waals surface area (Å²) in [7, 11) is 1.61. The van der Waals surface area contributed by atoms with Crippen molar-refractivity contribution in [1.82, 2.24) is 15.1 Å². The number of carbonyl (C=O) groups is 2. The first kappa shape index (κ1) is 20.5. The second kappa shape index (κ2) is 9.75. The van der Waals surface area contributed by atoms with Gasteiger partial charge in [0.15, 0.2) is 0 Å². The highest BCUT2D eigenvalue weighted by atomic mass is 35.5. The van der Waals surface area contributed by atoms with Gasteiger partial charge in [-0.2, -0.15) is 0 Å². The number of nitrogens with one attached hydrogen (secondary N) is 1. The van der Waals surface area contributed by atoms with Crippen LogP contribution in [0.2, 0.25) is 0 Å². The summed E-state index contributed by atoms with van der Waals surface area (Å²) in [6, 6.07) is 7.30. The summed E-state index contributed by atoms with van der Waals surface area (Å²) < 4.78 is 10.5. The summed E-state index contributed by atoms with van der Waals surface area (Å²) in [6.07, 6.45) is 0.350. The first-order valence-corrected chi connectivity index (χ1v) is 8.68. The van der Waals surface area contributed by atoms with E-state index in [0.29, 0.717) is 52.4 Å². The zero-order chi connectivity index (χ0) is 17.6. The molecule has 0 aromatic heterocycles. The summed E-state index contributed by atoms with van der Waals surface area (Å²) in [5, 5.41) is 3.19. The number of amides is 2. The van der Waals surface area contributed by atoms with E-state index in [9.17, 15) is 9.59 Å². The first-order valence-electron chi connectivity index (χ1n) is 8.68. The van der Waals surface area contributed by atoms with Crippen LogP contribution in [0.5, 0.6) is 5.75 Å². The van der Waals surface area contributed by atoms with Crippen LogP contribution < -0.4 is 10.1 Å². The van der Waals surface area contributed by atoms with Gasteiger partial charge in [-0.25, -0.2) is 0 Å². The molecule has 0 spiro atoms. The lowest BCUT2D eigenvalue weighted by atomic mass is 10.1. The van der Waals surface area contributed by atoms with Gasteiger partial charge in [-0.1, -0.05) is 12.1 Å². The van der Waals surface area contributed by atoms with Gasteiger partial charge in [0.25, 0.3) is 0 Å². The Hall–Kier alpha value is -1.83. The van der Waals surface area contributed by atoms with Crippen LogP contribution >= 0.6 is 12.4 Å². The maximum absolute atomic E-state index is 12.5. The van der Waals surface area contributed by atoms with Crippen LogP contribution in [-0.2, 0) is 20.7 Å². The molecule has 7 nitrogen and oxygen atoms in total. The largest absolute Gasteiger partial charge is 0.497 e. The topological polar surface area (TPSA) is 71.1 Å². The normalized spacial score (nSPS) is 20.3. The number of benzene rings is 1. The number of rotatable bonds is 4. The number of methoxy groups -OCH3 is 1. The molecule has 1 unspecified atom stereocenters. The van der Waals surface area contributed by atoms with Crippen LogP contribution in [-0.4, -0.2) is 80.7 Å². The molecule has 2 heterocycles. The van der Waals surface area contributed by atoms with Crippen LogP contribution in [0.4, 0.5) is 0 Å². The maximum atomic E-state index is 12.5. The number of hydrogen-bond donors (Lipinski definition) is 1. The third-order valence-corrected chi connectivity index (χ3v) is 4.65. The van der Waals surface area contributed by atoms with Gasteiger partial charge in [0.2, 0.25) is 11.8 Å². The highest BCUT2D eigenvalue weighted by Crippen LogP contribution is 2.14. The van der Waals surface area contributed by atoms with Crippen molar-refractivity contribution in [3.63, 3.8) is 0 Å². The first-order chi connectivity index (χ1) is 12.2. The molecule has 26 heavy (non-hydrogen) atoms. The molecule has 0 aliphatic carbocycles. The van der Waals surface area contributed by atoms with E-state index in [1.54, 1.807) is 7.11 Å². The van der Waals surface area contributed by atoms with E-state index in [4.69, 9.17) is 9.47 Å². The lowest BCUT2D eigenvalue weighted by molar-refractivity contribution is -0.142. The van der Waals surface area contributed by atoms with Gasteiger partial charge in [-0.3, -0.25) is 9.59 Å². The molecule has 3 rings (SSSR count). The van der Waals surface area contributed by atoms with E-state index in [2.05, 4.69) is 5.32 Å². The zero-order valence-electron chi connectivity index (χ0n) is 15.0. The van der Waals surface area contributed by atoms with Crippen molar-refractivity contribution >= 4 is 24.2 Å². The molecule has 144 valence electrons. The summed E-state index contributed by atoms with van der Waals surface area (Å²) in [4.78, 5) is 28.6. The average molecular weight is 384 g/mol. The minimum Gasteiger partial charge on any atom is -0.497 e. The van der Waals surface area contributed by atoms with Crippen molar-refractivity contribution in [2.75, 3.05) is 53.0 Å². The van der Waals surface area contributed by atoms with Crippen LogP contribution in [0, 0.1) is 0 Å². The summed E-state index contributed by atoms with van der Waals surface area (Å²) in [6.45, 7) is 4.06. The standard InChI is InChI=1S/C18H25N3O4.ClH/c1-24-15-4-2-3-14(11-15)12-17(22)20-6-8-21(9-7-20)18(23)16-13-25-10-5-19-16;/h2-4,11,16,19H,5-10,12-13H2,1H3;1H. The molecular formula is C18H26ClN3O4. The van der Waals surface area contributed by atoms with E-state index >= 15 is 0 Å². The Bertz CT molecular complexity index is 614. The molecule has 2 aliphatic heterocycles. The number of carbonyl (C=O) groups excluding carboxylic acids is 2. The lowest BCUT2D eigenvalue weighted by Crippen LogP contribution is -2.57. The van der Waals surface area contributed by atoms with Crippen molar-refractivity contribution < 1.29 is 19.1 Å².